The highest BCUT2D eigenvalue weighted by Crippen LogP contribution is 2.31. The fourth-order valence-corrected chi connectivity index (χ4v) is 2.89. The molecule has 0 atom stereocenters. The topological polar surface area (TPSA) is 77.2 Å². The molecule has 114 valence electrons. The van der Waals surface area contributed by atoms with Gasteiger partial charge in [0.15, 0.2) is 0 Å². The maximum absolute atomic E-state index is 12.1. The smallest absolute Gasteiger partial charge is 0.263 e. The summed E-state index contributed by atoms with van der Waals surface area (Å²) in [6, 6.07) is 3.76. The third kappa shape index (κ3) is 4.15. The third-order valence-electron chi connectivity index (χ3n) is 2.89. The maximum atomic E-state index is 12.1. The molecule has 0 radical (unpaired) electrons. The quantitative estimate of drug-likeness (QED) is 0.771. The number of nitrogen functional groups attached to an aromatic ring is 1. The van der Waals surface area contributed by atoms with Crippen LogP contribution in [-0.4, -0.2) is 30.6 Å². The number of pyridine rings is 1. The van der Waals surface area contributed by atoms with Gasteiger partial charge in [-0.1, -0.05) is 13.8 Å². The molecule has 0 saturated heterocycles. The van der Waals surface area contributed by atoms with E-state index in [1.807, 2.05) is 12.1 Å². The molecule has 3 N–H and O–H groups in total. The largest absolute Gasteiger partial charge is 0.396 e. The van der Waals surface area contributed by atoms with Gasteiger partial charge in [-0.15, -0.1) is 11.3 Å². The number of carbonyl (C=O) groups excluding carboxylic acids is 1. The Labute approximate surface area is 128 Å². The van der Waals surface area contributed by atoms with Crippen molar-refractivity contribution in [2.24, 2.45) is 5.92 Å². The first-order chi connectivity index (χ1) is 10.1. The molecule has 0 aromatic carbocycles. The number of amides is 1. The van der Waals surface area contributed by atoms with Crippen LogP contribution in [0.25, 0.3) is 10.2 Å². The van der Waals surface area contributed by atoms with Crippen molar-refractivity contribution in [1.82, 2.24) is 10.3 Å². The lowest BCUT2D eigenvalue weighted by atomic mass is 10.2. The van der Waals surface area contributed by atoms with Crippen molar-refractivity contribution in [2.45, 2.75) is 20.3 Å². The number of nitrogens with zero attached hydrogens (tertiary/aromatic N) is 1. The number of aromatic nitrogens is 1. The summed E-state index contributed by atoms with van der Waals surface area (Å²) in [5, 5.41) is 2.87. The number of nitrogens with two attached hydrogens (primary N) is 1. The van der Waals surface area contributed by atoms with Crippen LogP contribution in [0.5, 0.6) is 0 Å². The number of fused-ring (bicyclic) bond motifs is 1. The monoisotopic (exact) mass is 307 g/mol. The van der Waals surface area contributed by atoms with E-state index in [1.165, 1.54) is 11.3 Å². The lowest BCUT2D eigenvalue weighted by Gasteiger charge is -2.07. The summed E-state index contributed by atoms with van der Waals surface area (Å²) in [7, 11) is 0. The summed E-state index contributed by atoms with van der Waals surface area (Å²) in [5.74, 6) is 0.393. The van der Waals surface area contributed by atoms with E-state index >= 15 is 0 Å². The molecule has 0 aliphatic heterocycles. The van der Waals surface area contributed by atoms with Crippen molar-refractivity contribution in [2.75, 3.05) is 25.5 Å². The summed E-state index contributed by atoms with van der Waals surface area (Å²) >= 11 is 1.37. The van der Waals surface area contributed by atoms with Crippen molar-refractivity contribution in [3.63, 3.8) is 0 Å². The highest BCUT2D eigenvalue weighted by atomic mass is 32.1. The molecule has 0 spiro atoms. The second-order valence-corrected chi connectivity index (χ2v) is 6.33. The Hall–Kier alpha value is -1.66. The van der Waals surface area contributed by atoms with Gasteiger partial charge in [0.25, 0.3) is 5.91 Å². The van der Waals surface area contributed by atoms with Gasteiger partial charge in [-0.3, -0.25) is 9.78 Å². The van der Waals surface area contributed by atoms with Crippen molar-refractivity contribution >= 4 is 33.1 Å². The van der Waals surface area contributed by atoms with Crippen molar-refractivity contribution in [3.05, 3.63) is 23.2 Å². The number of thiophene rings is 1. The van der Waals surface area contributed by atoms with E-state index in [0.717, 1.165) is 17.7 Å². The van der Waals surface area contributed by atoms with Gasteiger partial charge in [0, 0.05) is 26.0 Å². The first kappa shape index (κ1) is 15.7. The highest BCUT2D eigenvalue weighted by Gasteiger charge is 2.16. The van der Waals surface area contributed by atoms with Crippen LogP contribution in [0, 0.1) is 5.92 Å². The van der Waals surface area contributed by atoms with E-state index in [0.29, 0.717) is 35.2 Å². The number of hydrogen-bond donors (Lipinski definition) is 2. The SMILES string of the molecule is CC(C)COCCCNC(=O)c1sc2cccnc2c1N. The molecule has 0 saturated carbocycles. The molecule has 2 aromatic heterocycles. The number of nitrogens with one attached hydrogen (secondary N) is 1. The molecule has 21 heavy (non-hydrogen) atoms. The minimum absolute atomic E-state index is 0.139. The number of anilines is 1. The number of rotatable bonds is 7. The predicted molar refractivity (Wildman–Crippen MR) is 86.6 cm³/mol. The van der Waals surface area contributed by atoms with Crippen LogP contribution >= 0.6 is 11.3 Å². The Kier molecular flexibility index (Phi) is 5.52. The molecule has 0 fully saturated rings. The summed E-state index contributed by atoms with van der Waals surface area (Å²) in [6.45, 7) is 6.21. The van der Waals surface area contributed by atoms with Crippen molar-refractivity contribution in [3.8, 4) is 0 Å². The van der Waals surface area contributed by atoms with E-state index < -0.39 is 0 Å². The van der Waals surface area contributed by atoms with Crippen LogP contribution in [-0.2, 0) is 4.74 Å². The molecule has 6 heteroatoms. The molecule has 0 bridgehead atoms. The van der Waals surface area contributed by atoms with Crippen molar-refractivity contribution in [1.29, 1.82) is 0 Å². The number of hydrogen-bond acceptors (Lipinski definition) is 5. The Bertz CT molecular complexity index is 610. The molecule has 5 nitrogen and oxygen atoms in total. The average Bonchev–Trinajstić information content (AvgIpc) is 2.80. The summed E-state index contributed by atoms with van der Waals surface area (Å²) in [4.78, 5) is 16.9. The Balaban J connectivity index is 1.84. The van der Waals surface area contributed by atoms with Gasteiger partial charge in [0.1, 0.15) is 10.4 Å². The van der Waals surface area contributed by atoms with E-state index in [4.69, 9.17) is 10.5 Å². The molecular formula is C15H21N3O2S. The van der Waals surface area contributed by atoms with Gasteiger partial charge in [-0.25, -0.2) is 0 Å². The average molecular weight is 307 g/mol. The molecule has 2 rings (SSSR count). The zero-order chi connectivity index (χ0) is 15.2. The normalized spacial score (nSPS) is 11.2. The van der Waals surface area contributed by atoms with Crippen LogP contribution in [0.1, 0.15) is 29.9 Å². The fourth-order valence-electron chi connectivity index (χ4n) is 1.89. The summed E-state index contributed by atoms with van der Waals surface area (Å²) < 4.78 is 6.40. The predicted octanol–water partition coefficient (Wildman–Crippen LogP) is 2.67. The van der Waals surface area contributed by atoms with Gasteiger partial charge in [0.2, 0.25) is 0 Å². The minimum Gasteiger partial charge on any atom is -0.396 e. The van der Waals surface area contributed by atoms with Gasteiger partial charge < -0.3 is 15.8 Å². The maximum Gasteiger partial charge on any atom is 0.263 e. The van der Waals surface area contributed by atoms with Gasteiger partial charge in [-0.2, -0.15) is 0 Å². The molecule has 2 heterocycles. The Morgan fingerprint density at radius 3 is 3.05 bits per heavy atom. The first-order valence-electron chi connectivity index (χ1n) is 7.08. The van der Waals surface area contributed by atoms with Crippen LogP contribution in [0.4, 0.5) is 5.69 Å². The Morgan fingerprint density at radius 1 is 1.52 bits per heavy atom. The minimum atomic E-state index is -0.139. The lowest BCUT2D eigenvalue weighted by Crippen LogP contribution is -2.25. The second kappa shape index (κ2) is 7.38. The van der Waals surface area contributed by atoms with Crippen molar-refractivity contribution < 1.29 is 9.53 Å². The highest BCUT2D eigenvalue weighted by molar-refractivity contribution is 7.21. The molecule has 0 aliphatic rings. The zero-order valence-electron chi connectivity index (χ0n) is 12.4. The van der Waals surface area contributed by atoms with Crippen LogP contribution in [0.2, 0.25) is 0 Å². The van der Waals surface area contributed by atoms with E-state index in [2.05, 4.69) is 24.1 Å². The van der Waals surface area contributed by atoms with Gasteiger partial charge >= 0.3 is 0 Å². The molecular weight excluding hydrogens is 286 g/mol. The number of ether oxygens (including phenoxy) is 1. The van der Waals surface area contributed by atoms with Gasteiger partial charge in [-0.05, 0) is 24.5 Å². The van der Waals surface area contributed by atoms with Crippen LogP contribution in [0.15, 0.2) is 18.3 Å². The van der Waals surface area contributed by atoms with Crippen LogP contribution in [0.3, 0.4) is 0 Å². The first-order valence-corrected chi connectivity index (χ1v) is 7.90. The molecule has 0 unspecified atom stereocenters. The van der Waals surface area contributed by atoms with E-state index in [9.17, 15) is 4.79 Å². The molecule has 0 aliphatic carbocycles. The lowest BCUT2D eigenvalue weighted by molar-refractivity contribution is 0.0929. The Morgan fingerprint density at radius 2 is 2.33 bits per heavy atom. The van der Waals surface area contributed by atoms with E-state index in [1.54, 1.807) is 6.20 Å². The molecule has 1 amide bonds. The third-order valence-corrected chi connectivity index (χ3v) is 4.05. The summed E-state index contributed by atoms with van der Waals surface area (Å²) in [6.07, 6.45) is 2.47. The number of carbonyl (C=O) groups is 1. The van der Waals surface area contributed by atoms with Crippen LogP contribution < -0.4 is 11.1 Å². The van der Waals surface area contributed by atoms with Gasteiger partial charge in [0.05, 0.1) is 10.4 Å². The fraction of sp³-hybridized carbons (Fsp3) is 0.467. The zero-order valence-corrected chi connectivity index (χ0v) is 13.2. The summed E-state index contributed by atoms with van der Waals surface area (Å²) in [5.41, 5.74) is 7.15. The standard InChI is InChI=1S/C15H21N3O2S/c1-10(2)9-20-8-4-7-18-15(19)14-12(16)13-11(21-14)5-3-6-17-13/h3,5-6,10H,4,7-9,16H2,1-2H3,(H,18,19). The second-order valence-electron chi connectivity index (χ2n) is 5.27. The molecule has 2 aromatic rings. The van der Waals surface area contributed by atoms with E-state index in [-0.39, 0.29) is 5.91 Å².